The number of carbonyl (C=O) groups is 1. The maximum Gasteiger partial charge on any atom is 0.237 e. The minimum atomic E-state index is -3.11. The van der Waals surface area contributed by atoms with Crippen LogP contribution in [-0.2, 0) is 20.0 Å². The molecule has 6 nitrogen and oxygen atoms in total. The first-order valence-electron chi connectivity index (χ1n) is 7.93. The zero-order valence-corrected chi connectivity index (χ0v) is 16.9. The summed E-state index contributed by atoms with van der Waals surface area (Å²) in [5, 5.41) is 2.64. The van der Waals surface area contributed by atoms with Crippen molar-refractivity contribution in [2.45, 2.75) is 38.6 Å². The highest BCUT2D eigenvalue weighted by Gasteiger charge is 2.15. The van der Waals surface area contributed by atoms with E-state index in [2.05, 4.69) is 26.1 Å². The van der Waals surface area contributed by atoms with Gasteiger partial charge in [-0.1, -0.05) is 32.9 Å². The third-order valence-electron chi connectivity index (χ3n) is 3.53. The summed E-state index contributed by atoms with van der Waals surface area (Å²) in [4.78, 5) is 11.7. The molecule has 0 saturated heterocycles. The van der Waals surface area contributed by atoms with Crippen molar-refractivity contribution in [1.82, 2.24) is 5.32 Å². The van der Waals surface area contributed by atoms with E-state index in [-0.39, 0.29) is 35.9 Å². The zero-order chi connectivity index (χ0) is 18.4. The van der Waals surface area contributed by atoms with E-state index >= 15 is 0 Å². The van der Waals surface area contributed by atoms with Crippen LogP contribution in [-0.4, -0.2) is 45.5 Å². The van der Waals surface area contributed by atoms with E-state index in [4.69, 9.17) is 10.5 Å². The SMILES string of the molecule is CC(C)(C)c1ccc(OCCNC(=O)C(N)CCS(C)(=O)=O)cc1.Cl. The molecule has 25 heavy (non-hydrogen) atoms. The van der Waals surface area contributed by atoms with E-state index in [9.17, 15) is 13.2 Å². The van der Waals surface area contributed by atoms with E-state index in [1.807, 2.05) is 24.3 Å². The number of benzene rings is 1. The summed E-state index contributed by atoms with van der Waals surface area (Å²) in [6.45, 7) is 7.06. The van der Waals surface area contributed by atoms with E-state index < -0.39 is 15.9 Å². The Hall–Kier alpha value is -1.31. The summed E-state index contributed by atoms with van der Waals surface area (Å²) < 4.78 is 27.7. The van der Waals surface area contributed by atoms with Crippen molar-refractivity contribution in [3.63, 3.8) is 0 Å². The van der Waals surface area contributed by atoms with Gasteiger partial charge in [0.15, 0.2) is 0 Å². The Morgan fingerprint density at radius 1 is 1.24 bits per heavy atom. The lowest BCUT2D eigenvalue weighted by atomic mass is 9.87. The predicted octanol–water partition coefficient (Wildman–Crippen LogP) is 1.66. The highest BCUT2D eigenvalue weighted by molar-refractivity contribution is 7.90. The van der Waals surface area contributed by atoms with Crippen LogP contribution in [0.15, 0.2) is 24.3 Å². The van der Waals surface area contributed by atoms with Crippen LogP contribution in [0, 0.1) is 0 Å². The Kier molecular flexibility index (Phi) is 9.47. The van der Waals surface area contributed by atoms with Crippen LogP contribution in [0.5, 0.6) is 5.75 Å². The fourth-order valence-electron chi connectivity index (χ4n) is 2.00. The summed E-state index contributed by atoms with van der Waals surface area (Å²) in [5.41, 5.74) is 6.97. The smallest absolute Gasteiger partial charge is 0.237 e. The monoisotopic (exact) mass is 392 g/mol. The molecule has 1 rings (SSSR count). The van der Waals surface area contributed by atoms with Gasteiger partial charge in [0, 0.05) is 6.26 Å². The number of halogens is 1. The lowest BCUT2D eigenvalue weighted by Crippen LogP contribution is -2.42. The molecule has 0 aliphatic rings. The van der Waals surface area contributed by atoms with Crippen molar-refractivity contribution in [2.75, 3.05) is 25.2 Å². The molecule has 0 radical (unpaired) electrons. The normalized spacial score (nSPS) is 12.8. The quantitative estimate of drug-likeness (QED) is 0.655. The highest BCUT2D eigenvalue weighted by atomic mass is 35.5. The number of hydrogen-bond donors (Lipinski definition) is 2. The van der Waals surface area contributed by atoms with E-state index in [0.29, 0.717) is 13.2 Å². The molecule has 0 aliphatic carbocycles. The fourth-order valence-corrected chi connectivity index (χ4v) is 2.68. The van der Waals surface area contributed by atoms with Gasteiger partial charge in [0.25, 0.3) is 0 Å². The fraction of sp³-hybridized carbons (Fsp3) is 0.588. The predicted molar refractivity (Wildman–Crippen MR) is 103 cm³/mol. The molecule has 0 spiro atoms. The molecule has 0 aliphatic heterocycles. The first-order valence-corrected chi connectivity index (χ1v) is 9.99. The second kappa shape index (κ2) is 9.99. The van der Waals surface area contributed by atoms with Crippen molar-refractivity contribution >= 4 is 28.2 Å². The number of nitrogens with two attached hydrogens (primary N) is 1. The van der Waals surface area contributed by atoms with E-state index in [0.717, 1.165) is 12.0 Å². The third-order valence-corrected chi connectivity index (χ3v) is 4.50. The van der Waals surface area contributed by atoms with Crippen molar-refractivity contribution in [3.8, 4) is 5.75 Å². The molecular formula is C17H29ClN2O4S. The molecule has 0 fully saturated rings. The molecule has 0 saturated carbocycles. The van der Waals surface area contributed by atoms with Gasteiger partial charge in [0.1, 0.15) is 22.2 Å². The summed E-state index contributed by atoms with van der Waals surface area (Å²) in [5.74, 6) is 0.266. The molecule has 0 aromatic heterocycles. The van der Waals surface area contributed by atoms with Crippen molar-refractivity contribution in [2.24, 2.45) is 5.73 Å². The summed E-state index contributed by atoms with van der Waals surface area (Å²) >= 11 is 0. The van der Waals surface area contributed by atoms with Gasteiger partial charge in [-0.25, -0.2) is 8.42 Å². The Bertz CT molecular complexity index is 640. The number of ether oxygens (including phenoxy) is 1. The molecular weight excluding hydrogens is 364 g/mol. The van der Waals surface area contributed by atoms with Gasteiger partial charge >= 0.3 is 0 Å². The van der Waals surface area contributed by atoms with Crippen molar-refractivity contribution in [1.29, 1.82) is 0 Å². The largest absolute Gasteiger partial charge is 0.492 e. The molecule has 1 unspecified atom stereocenters. The second-order valence-corrected chi connectivity index (χ2v) is 9.20. The van der Waals surface area contributed by atoms with Crippen molar-refractivity contribution in [3.05, 3.63) is 29.8 Å². The van der Waals surface area contributed by atoms with Gasteiger partial charge < -0.3 is 15.8 Å². The topological polar surface area (TPSA) is 98.5 Å². The van der Waals surface area contributed by atoms with E-state index in [1.54, 1.807) is 0 Å². The summed E-state index contributed by atoms with van der Waals surface area (Å²) in [7, 11) is -3.11. The van der Waals surface area contributed by atoms with Crippen LogP contribution < -0.4 is 15.8 Å². The Morgan fingerprint density at radius 3 is 2.28 bits per heavy atom. The van der Waals surface area contributed by atoms with Gasteiger partial charge in [0.05, 0.1) is 18.3 Å². The number of carbonyl (C=O) groups excluding carboxylic acids is 1. The molecule has 8 heteroatoms. The van der Waals surface area contributed by atoms with Gasteiger partial charge in [-0.3, -0.25) is 4.79 Å². The summed E-state index contributed by atoms with van der Waals surface area (Å²) in [6, 6.07) is 7.02. The van der Waals surface area contributed by atoms with Crippen LogP contribution >= 0.6 is 12.4 Å². The number of nitrogens with one attached hydrogen (secondary N) is 1. The second-order valence-electron chi connectivity index (χ2n) is 6.94. The maximum absolute atomic E-state index is 11.7. The zero-order valence-electron chi connectivity index (χ0n) is 15.2. The average molecular weight is 393 g/mol. The number of hydrogen-bond acceptors (Lipinski definition) is 5. The molecule has 3 N–H and O–H groups in total. The Labute approximate surface area is 156 Å². The highest BCUT2D eigenvalue weighted by Crippen LogP contribution is 2.24. The Morgan fingerprint density at radius 2 is 1.80 bits per heavy atom. The molecule has 1 aromatic carbocycles. The first-order chi connectivity index (χ1) is 11.0. The van der Waals surface area contributed by atoms with Crippen LogP contribution in [0.2, 0.25) is 0 Å². The minimum Gasteiger partial charge on any atom is -0.492 e. The van der Waals surface area contributed by atoms with Crippen LogP contribution in [0.25, 0.3) is 0 Å². The average Bonchev–Trinajstić information content (AvgIpc) is 2.47. The van der Waals surface area contributed by atoms with Gasteiger partial charge in [-0.05, 0) is 29.5 Å². The van der Waals surface area contributed by atoms with E-state index in [1.165, 1.54) is 5.56 Å². The molecule has 1 aromatic rings. The van der Waals surface area contributed by atoms with Gasteiger partial charge in [0.2, 0.25) is 5.91 Å². The first kappa shape index (κ1) is 23.7. The lowest BCUT2D eigenvalue weighted by molar-refractivity contribution is -0.122. The molecule has 0 heterocycles. The lowest BCUT2D eigenvalue weighted by Gasteiger charge is -2.19. The van der Waals surface area contributed by atoms with Crippen LogP contribution in [0.4, 0.5) is 0 Å². The van der Waals surface area contributed by atoms with Crippen LogP contribution in [0.3, 0.4) is 0 Å². The summed E-state index contributed by atoms with van der Waals surface area (Å²) in [6.07, 6.45) is 1.23. The van der Waals surface area contributed by atoms with Crippen LogP contribution in [0.1, 0.15) is 32.8 Å². The molecule has 0 bridgehead atoms. The number of sulfone groups is 1. The minimum absolute atomic E-state index is 0. The standard InChI is InChI=1S/C17H28N2O4S.ClH/c1-17(2,3)13-5-7-14(8-6-13)23-11-10-19-16(20)15(18)9-12-24(4,21)22;/h5-8,15H,9-12,18H2,1-4H3,(H,19,20);1H. The molecule has 1 atom stereocenters. The van der Waals surface area contributed by atoms with Gasteiger partial charge in [-0.2, -0.15) is 0 Å². The third kappa shape index (κ3) is 9.67. The Balaban J connectivity index is 0.00000576. The maximum atomic E-state index is 11.7. The molecule has 1 amide bonds. The van der Waals surface area contributed by atoms with Gasteiger partial charge in [-0.15, -0.1) is 12.4 Å². The van der Waals surface area contributed by atoms with Crippen molar-refractivity contribution < 1.29 is 17.9 Å². The number of rotatable bonds is 8. The number of amides is 1. The molecule has 144 valence electrons.